The van der Waals surface area contributed by atoms with E-state index in [1.165, 1.54) is 7.11 Å². The number of ether oxygens (including phenoxy) is 1. The van der Waals surface area contributed by atoms with Crippen LogP contribution in [0.25, 0.3) is 0 Å². The SMILES string of the molecule is COCCCCNS(=O)(=O)c1cc(C(=O)O)cc(F)c1F. The van der Waals surface area contributed by atoms with Crippen molar-refractivity contribution in [3.05, 3.63) is 29.3 Å². The number of aromatic carboxylic acids is 1. The average molecular weight is 323 g/mol. The van der Waals surface area contributed by atoms with Crippen molar-refractivity contribution in [2.45, 2.75) is 17.7 Å². The van der Waals surface area contributed by atoms with Crippen molar-refractivity contribution in [3.63, 3.8) is 0 Å². The Morgan fingerprint density at radius 1 is 1.33 bits per heavy atom. The highest BCUT2D eigenvalue weighted by Crippen LogP contribution is 2.20. The molecule has 6 nitrogen and oxygen atoms in total. The largest absolute Gasteiger partial charge is 0.478 e. The van der Waals surface area contributed by atoms with E-state index in [9.17, 15) is 22.0 Å². The zero-order valence-corrected chi connectivity index (χ0v) is 12.0. The van der Waals surface area contributed by atoms with E-state index in [0.29, 0.717) is 31.6 Å². The van der Waals surface area contributed by atoms with Gasteiger partial charge >= 0.3 is 5.97 Å². The zero-order chi connectivity index (χ0) is 16.0. The first-order valence-electron chi connectivity index (χ1n) is 6.00. The van der Waals surface area contributed by atoms with Crippen molar-refractivity contribution in [2.24, 2.45) is 0 Å². The standard InChI is InChI=1S/C12H15F2NO5S/c1-20-5-3-2-4-15-21(18,19)10-7-8(12(16)17)6-9(13)11(10)14/h6-7,15H,2-5H2,1H3,(H,16,17). The van der Waals surface area contributed by atoms with Gasteiger partial charge in [-0.05, 0) is 25.0 Å². The lowest BCUT2D eigenvalue weighted by atomic mass is 10.2. The monoisotopic (exact) mass is 323 g/mol. The predicted molar refractivity (Wildman–Crippen MR) is 69.6 cm³/mol. The van der Waals surface area contributed by atoms with Crippen LogP contribution in [0.5, 0.6) is 0 Å². The molecule has 2 N–H and O–H groups in total. The minimum atomic E-state index is -4.33. The van der Waals surface area contributed by atoms with Gasteiger partial charge in [0.15, 0.2) is 11.6 Å². The van der Waals surface area contributed by atoms with Crippen LogP contribution in [0.4, 0.5) is 8.78 Å². The Bertz CT molecular complexity index is 618. The van der Waals surface area contributed by atoms with Gasteiger partial charge in [-0.25, -0.2) is 26.7 Å². The molecule has 0 fully saturated rings. The number of hydrogen-bond donors (Lipinski definition) is 2. The van der Waals surface area contributed by atoms with E-state index in [1.54, 1.807) is 0 Å². The van der Waals surface area contributed by atoms with Gasteiger partial charge in [-0.15, -0.1) is 0 Å². The Balaban J connectivity index is 2.94. The molecule has 0 amide bonds. The van der Waals surface area contributed by atoms with E-state index in [2.05, 4.69) is 4.72 Å². The summed E-state index contributed by atoms with van der Waals surface area (Å²) in [7, 11) is -2.83. The molecule has 0 aromatic heterocycles. The maximum atomic E-state index is 13.6. The van der Waals surface area contributed by atoms with Crippen LogP contribution in [0.1, 0.15) is 23.2 Å². The molecule has 1 rings (SSSR count). The summed E-state index contributed by atoms with van der Waals surface area (Å²) < 4.78 is 57.4. The second kappa shape index (κ2) is 7.43. The van der Waals surface area contributed by atoms with Crippen molar-refractivity contribution < 1.29 is 31.8 Å². The predicted octanol–water partition coefficient (Wildman–Crippen LogP) is 1.37. The molecule has 21 heavy (non-hydrogen) atoms. The summed E-state index contributed by atoms with van der Waals surface area (Å²) >= 11 is 0. The maximum absolute atomic E-state index is 13.6. The molecule has 0 saturated carbocycles. The smallest absolute Gasteiger partial charge is 0.335 e. The van der Waals surface area contributed by atoms with Gasteiger partial charge in [-0.3, -0.25) is 0 Å². The van der Waals surface area contributed by atoms with E-state index in [-0.39, 0.29) is 6.54 Å². The highest BCUT2D eigenvalue weighted by molar-refractivity contribution is 7.89. The molecule has 0 aliphatic rings. The van der Waals surface area contributed by atoms with Gasteiger partial charge in [0.2, 0.25) is 10.0 Å². The summed E-state index contributed by atoms with van der Waals surface area (Å²) in [5.41, 5.74) is -0.645. The lowest BCUT2D eigenvalue weighted by molar-refractivity contribution is 0.0696. The van der Waals surface area contributed by atoms with E-state index in [1.807, 2.05) is 0 Å². The van der Waals surface area contributed by atoms with Crippen LogP contribution in [0.2, 0.25) is 0 Å². The quantitative estimate of drug-likeness (QED) is 0.705. The summed E-state index contributed by atoms with van der Waals surface area (Å²) in [4.78, 5) is 9.74. The van der Waals surface area contributed by atoms with Crippen LogP contribution < -0.4 is 4.72 Å². The van der Waals surface area contributed by atoms with E-state index in [0.717, 1.165) is 0 Å². The molecular weight excluding hydrogens is 308 g/mol. The second-order valence-corrected chi connectivity index (χ2v) is 5.91. The molecular formula is C12H15F2NO5S. The molecule has 1 aromatic rings. The van der Waals surface area contributed by atoms with Crippen LogP contribution in [-0.4, -0.2) is 39.8 Å². The van der Waals surface area contributed by atoms with Gasteiger partial charge < -0.3 is 9.84 Å². The summed E-state index contributed by atoms with van der Waals surface area (Å²) in [6.07, 6.45) is 1.03. The molecule has 0 aliphatic heterocycles. The first kappa shape index (κ1) is 17.5. The van der Waals surface area contributed by atoms with Gasteiger partial charge in [0.25, 0.3) is 0 Å². The minimum absolute atomic E-state index is 0.00402. The molecule has 0 aliphatic carbocycles. The van der Waals surface area contributed by atoms with Crippen LogP contribution in [0, 0.1) is 11.6 Å². The van der Waals surface area contributed by atoms with E-state index < -0.39 is 38.1 Å². The number of rotatable bonds is 8. The van der Waals surface area contributed by atoms with Crippen molar-refractivity contribution in [1.29, 1.82) is 0 Å². The molecule has 118 valence electrons. The molecule has 0 bridgehead atoms. The van der Waals surface area contributed by atoms with Crippen LogP contribution in [0.15, 0.2) is 17.0 Å². The first-order valence-corrected chi connectivity index (χ1v) is 7.49. The van der Waals surface area contributed by atoms with E-state index >= 15 is 0 Å². The van der Waals surface area contributed by atoms with Gasteiger partial charge in [0.1, 0.15) is 4.90 Å². The molecule has 0 spiro atoms. The Morgan fingerprint density at radius 2 is 2.00 bits per heavy atom. The van der Waals surface area contributed by atoms with Gasteiger partial charge in [-0.1, -0.05) is 0 Å². The second-order valence-electron chi connectivity index (χ2n) is 4.17. The number of nitrogens with one attached hydrogen (secondary N) is 1. The number of sulfonamides is 1. The third kappa shape index (κ3) is 4.73. The minimum Gasteiger partial charge on any atom is -0.478 e. The fourth-order valence-corrected chi connectivity index (χ4v) is 2.72. The number of unbranched alkanes of at least 4 members (excludes halogenated alkanes) is 1. The molecule has 0 saturated heterocycles. The normalized spacial score (nSPS) is 11.6. The summed E-state index contributed by atoms with van der Waals surface area (Å²) in [6, 6.07) is 1.01. The lowest BCUT2D eigenvalue weighted by Gasteiger charge is -2.09. The van der Waals surface area contributed by atoms with Crippen molar-refractivity contribution in [1.82, 2.24) is 4.72 Å². The molecule has 0 unspecified atom stereocenters. The van der Waals surface area contributed by atoms with Crippen LogP contribution in [0.3, 0.4) is 0 Å². The fourth-order valence-electron chi connectivity index (χ4n) is 1.54. The van der Waals surface area contributed by atoms with Crippen molar-refractivity contribution >= 4 is 16.0 Å². The molecule has 0 atom stereocenters. The topological polar surface area (TPSA) is 92.7 Å². The number of methoxy groups -OCH3 is 1. The van der Waals surface area contributed by atoms with Gasteiger partial charge in [0, 0.05) is 20.3 Å². The number of carbonyl (C=O) groups is 1. The Labute approximate surface area is 120 Å². The number of carboxylic acid groups (broad SMARTS) is 1. The third-order valence-electron chi connectivity index (χ3n) is 2.60. The number of halogens is 2. The zero-order valence-electron chi connectivity index (χ0n) is 11.2. The van der Waals surface area contributed by atoms with Gasteiger partial charge in [0.05, 0.1) is 5.56 Å². The average Bonchev–Trinajstić information content (AvgIpc) is 2.40. The maximum Gasteiger partial charge on any atom is 0.335 e. The van der Waals surface area contributed by atoms with Crippen LogP contribution in [-0.2, 0) is 14.8 Å². The summed E-state index contributed by atoms with van der Waals surface area (Å²) in [5.74, 6) is -4.69. The molecule has 0 radical (unpaired) electrons. The molecule has 1 aromatic carbocycles. The molecule has 0 heterocycles. The number of carboxylic acids is 1. The molecule has 9 heteroatoms. The van der Waals surface area contributed by atoms with Crippen molar-refractivity contribution in [2.75, 3.05) is 20.3 Å². The van der Waals surface area contributed by atoms with Crippen molar-refractivity contribution in [3.8, 4) is 0 Å². The highest BCUT2D eigenvalue weighted by atomic mass is 32.2. The number of benzene rings is 1. The first-order chi connectivity index (χ1) is 9.79. The number of hydrogen-bond acceptors (Lipinski definition) is 4. The Hall–Kier alpha value is -1.58. The Kier molecular flexibility index (Phi) is 6.19. The summed E-state index contributed by atoms with van der Waals surface area (Å²) in [5, 5.41) is 8.75. The van der Waals surface area contributed by atoms with Gasteiger partial charge in [-0.2, -0.15) is 0 Å². The fraction of sp³-hybridized carbons (Fsp3) is 0.417. The highest BCUT2D eigenvalue weighted by Gasteiger charge is 2.24. The third-order valence-corrected chi connectivity index (χ3v) is 4.06. The lowest BCUT2D eigenvalue weighted by Crippen LogP contribution is -2.26. The van der Waals surface area contributed by atoms with Crippen LogP contribution >= 0.6 is 0 Å². The Morgan fingerprint density at radius 3 is 2.57 bits per heavy atom. The summed E-state index contributed by atoms with van der Waals surface area (Å²) in [6.45, 7) is 0.448. The van der Waals surface area contributed by atoms with E-state index in [4.69, 9.17) is 9.84 Å².